The Bertz CT molecular complexity index is 956. The summed E-state index contributed by atoms with van der Waals surface area (Å²) in [5.74, 6) is -0.551. The fourth-order valence-electron chi connectivity index (χ4n) is 3.78. The number of piperazine rings is 1. The van der Waals surface area contributed by atoms with Crippen LogP contribution in [0.15, 0.2) is 42.5 Å². The van der Waals surface area contributed by atoms with E-state index < -0.39 is 11.5 Å². The molecule has 1 atom stereocenters. The summed E-state index contributed by atoms with van der Waals surface area (Å²) in [5.41, 5.74) is 0.892. The number of benzene rings is 2. The van der Waals surface area contributed by atoms with Crippen LogP contribution in [-0.2, 0) is 16.1 Å². The van der Waals surface area contributed by atoms with Crippen LogP contribution in [0.25, 0.3) is 0 Å². The number of amides is 2. The predicted molar refractivity (Wildman–Crippen MR) is 107 cm³/mol. The van der Waals surface area contributed by atoms with Gasteiger partial charge in [0.1, 0.15) is 11.6 Å². The monoisotopic (exact) mass is 397 g/mol. The van der Waals surface area contributed by atoms with E-state index in [9.17, 15) is 14.0 Å². The van der Waals surface area contributed by atoms with E-state index in [1.54, 1.807) is 17.0 Å². The highest BCUT2D eigenvalue weighted by Gasteiger charge is 2.49. The molecule has 0 radical (unpaired) electrons. The molecule has 0 spiro atoms. The number of nitrogens with zero attached hydrogens (tertiary/aromatic N) is 2. The van der Waals surface area contributed by atoms with Crippen LogP contribution in [0.4, 0.5) is 10.1 Å². The maximum atomic E-state index is 13.4. The second kappa shape index (κ2) is 7.48. The standard InChI is InChI=1S/C22H24FN3O3/c1-15-6-7-19-18(12-15)24-20(27)22(2,29-19)21(28)26-10-8-25(9-11-26)14-16-4-3-5-17(23)13-16/h3-7,12-13H,8-11,14H2,1-2H3,(H,24,27). The number of carbonyl (C=O) groups excluding carboxylic acids is 2. The molecule has 2 aromatic rings. The highest BCUT2D eigenvalue weighted by Crippen LogP contribution is 2.35. The topological polar surface area (TPSA) is 61.9 Å². The lowest BCUT2D eigenvalue weighted by atomic mass is 9.99. The van der Waals surface area contributed by atoms with E-state index in [1.807, 2.05) is 25.1 Å². The lowest BCUT2D eigenvalue weighted by molar-refractivity contribution is -0.155. The van der Waals surface area contributed by atoms with Crippen LogP contribution in [-0.4, -0.2) is 53.4 Å². The van der Waals surface area contributed by atoms with E-state index in [2.05, 4.69) is 10.2 Å². The second-order valence-corrected chi connectivity index (χ2v) is 7.79. The van der Waals surface area contributed by atoms with Gasteiger partial charge in [0, 0.05) is 32.7 Å². The van der Waals surface area contributed by atoms with Gasteiger partial charge < -0.3 is 15.0 Å². The van der Waals surface area contributed by atoms with Gasteiger partial charge in [0.05, 0.1) is 5.69 Å². The number of nitrogens with one attached hydrogen (secondary N) is 1. The van der Waals surface area contributed by atoms with Crippen LogP contribution < -0.4 is 10.1 Å². The third kappa shape index (κ3) is 3.82. The number of halogens is 1. The number of rotatable bonds is 3. The molecule has 2 heterocycles. The summed E-state index contributed by atoms with van der Waals surface area (Å²) in [6.45, 7) is 6.34. The fraction of sp³-hybridized carbons (Fsp3) is 0.364. The third-order valence-corrected chi connectivity index (χ3v) is 5.49. The molecule has 29 heavy (non-hydrogen) atoms. The number of hydrogen-bond donors (Lipinski definition) is 1. The summed E-state index contributed by atoms with van der Waals surface area (Å²) in [6, 6.07) is 12.0. The van der Waals surface area contributed by atoms with Crippen LogP contribution in [0, 0.1) is 12.7 Å². The SMILES string of the molecule is Cc1ccc2c(c1)NC(=O)C(C)(C(=O)N1CCN(Cc3cccc(F)c3)CC1)O2. The molecular formula is C22H24FN3O3. The fourth-order valence-corrected chi connectivity index (χ4v) is 3.78. The lowest BCUT2D eigenvalue weighted by Gasteiger charge is -2.40. The molecule has 7 heteroatoms. The summed E-state index contributed by atoms with van der Waals surface area (Å²) in [7, 11) is 0. The summed E-state index contributed by atoms with van der Waals surface area (Å²) >= 11 is 0. The molecule has 0 aromatic heterocycles. The number of ether oxygens (including phenoxy) is 1. The van der Waals surface area contributed by atoms with E-state index in [0.29, 0.717) is 44.2 Å². The summed E-state index contributed by atoms with van der Waals surface area (Å²) in [4.78, 5) is 29.7. The molecule has 2 amide bonds. The third-order valence-electron chi connectivity index (χ3n) is 5.49. The van der Waals surface area contributed by atoms with Crippen LogP contribution in [0.5, 0.6) is 5.75 Å². The van der Waals surface area contributed by atoms with Gasteiger partial charge in [-0.25, -0.2) is 4.39 Å². The molecule has 0 saturated carbocycles. The van der Waals surface area contributed by atoms with Crippen LogP contribution >= 0.6 is 0 Å². The maximum absolute atomic E-state index is 13.4. The van der Waals surface area contributed by atoms with Gasteiger partial charge in [0.25, 0.3) is 17.4 Å². The first kappa shape index (κ1) is 19.4. The van der Waals surface area contributed by atoms with Gasteiger partial charge in [-0.2, -0.15) is 0 Å². The number of carbonyl (C=O) groups is 2. The number of anilines is 1. The minimum atomic E-state index is -1.59. The zero-order valence-electron chi connectivity index (χ0n) is 16.6. The summed E-state index contributed by atoms with van der Waals surface area (Å²) in [5, 5.41) is 2.80. The average molecular weight is 397 g/mol. The highest BCUT2D eigenvalue weighted by molar-refractivity contribution is 6.15. The highest BCUT2D eigenvalue weighted by atomic mass is 19.1. The van der Waals surface area contributed by atoms with E-state index >= 15 is 0 Å². The van der Waals surface area contributed by atoms with Gasteiger partial charge in [-0.15, -0.1) is 0 Å². The number of aryl methyl sites for hydroxylation is 1. The molecule has 1 fully saturated rings. The van der Waals surface area contributed by atoms with Gasteiger partial charge in [0.2, 0.25) is 0 Å². The molecule has 152 valence electrons. The van der Waals surface area contributed by atoms with Crippen LogP contribution in [0.3, 0.4) is 0 Å². The van der Waals surface area contributed by atoms with Crippen molar-refractivity contribution in [3.05, 3.63) is 59.4 Å². The maximum Gasteiger partial charge on any atom is 0.278 e. The van der Waals surface area contributed by atoms with Crippen molar-refractivity contribution in [1.82, 2.24) is 9.80 Å². The smallest absolute Gasteiger partial charge is 0.278 e. The molecule has 0 bridgehead atoms. The Morgan fingerprint density at radius 1 is 1.17 bits per heavy atom. The second-order valence-electron chi connectivity index (χ2n) is 7.79. The summed E-state index contributed by atoms with van der Waals surface area (Å²) in [6.07, 6.45) is 0. The Morgan fingerprint density at radius 3 is 2.66 bits per heavy atom. The van der Waals surface area contributed by atoms with Crippen molar-refractivity contribution < 1.29 is 18.7 Å². The van der Waals surface area contributed by atoms with Crippen molar-refractivity contribution in [2.45, 2.75) is 26.0 Å². The van der Waals surface area contributed by atoms with Gasteiger partial charge in [0.15, 0.2) is 0 Å². The Labute approximate surface area is 169 Å². The molecule has 1 saturated heterocycles. The Morgan fingerprint density at radius 2 is 1.93 bits per heavy atom. The van der Waals surface area contributed by atoms with Crippen molar-refractivity contribution in [3.63, 3.8) is 0 Å². The van der Waals surface area contributed by atoms with Gasteiger partial charge in [-0.1, -0.05) is 18.2 Å². The van der Waals surface area contributed by atoms with Gasteiger partial charge in [-0.05, 0) is 49.2 Å². The number of fused-ring (bicyclic) bond motifs is 1. The molecule has 2 aliphatic heterocycles. The minimum absolute atomic E-state index is 0.250. The first-order chi connectivity index (χ1) is 13.8. The first-order valence-electron chi connectivity index (χ1n) is 9.72. The molecule has 6 nitrogen and oxygen atoms in total. The minimum Gasteiger partial charge on any atom is -0.466 e. The number of hydrogen-bond acceptors (Lipinski definition) is 4. The lowest BCUT2D eigenvalue weighted by Crippen LogP contribution is -2.62. The van der Waals surface area contributed by atoms with Crippen LogP contribution in [0.1, 0.15) is 18.1 Å². The molecule has 0 aliphatic carbocycles. The van der Waals surface area contributed by atoms with Crippen molar-refractivity contribution in [3.8, 4) is 5.75 Å². The van der Waals surface area contributed by atoms with Crippen molar-refractivity contribution in [1.29, 1.82) is 0 Å². The van der Waals surface area contributed by atoms with E-state index in [-0.39, 0.29) is 11.7 Å². The zero-order chi connectivity index (χ0) is 20.6. The Balaban J connectivity index is 1.41. The zero-order valence-corrected chi connectivity index (χ0v) is 16.6. The van der Waals surface area contributed by atoms with E-state index in [0.717, 1.165) is 11.1 Å². The Kier molecular flexibility index (Phi) is 5.00. The van der Waals surface area contributed by atoms with E-state index in [1.165, 1.54) is 19.1 Å². The van der Waals surface area contributed by atoms with Crippen molar-refractivity contribution in [2.75, 3.05) is 31.5 Å². The van der Waals surface area contributed by atoms with Crippen molar-refractivity contribution >= 4 is 17.5 Å². The van der Waals surface area contributed by atoms with Crippen molar-refractivity contribution in [2.24, 2.45) is 0 Å². The normalized spacial score (nSPS) is 21.9. The molecule has 2 aromatic carbocycles. The van der Waals surface area contributed by atoms with E-state index in [4.69, 9.17) is 4.74 Å². The predicted octanol–water partition coefficient (Wildman–Crippen LogP) is 2.57. The van der Waals surface area contributed by atoms with Gasteiger partial charge >= 0.3 is 0 Å². The molecule has 2 aliphatic rings. The Hall–Kier alpha value is -2.93. The molecular weight excluding hydrogens is 373 g/mol. The molecule has 4 rings (SSSR count). The molecule has 1 unspecified atom stereocenters. The average Bonchev–Trinajstić information content (AvgIpc) is 2.69. The largest absolute Gasteiger partial charge is 0.466 e. The first-order valence-corrected chi connectivity index (χ1v) is 9.72. The van der Waals surface area contributed by atoms with Gasteiger partial charge in [-0.3, -0.25) is 14.5 Å². The van der Waals surface area contributed by atoms with Crippen LogP contribution in [0.2, 0.25) is 0 Å². The quantitative estimate of drug-likeness (QED) is 0.809. The summed E-state index contributed by atoms with van der Waals surface area (Å²) < 4.78 is 19.3. The molecule has 1 N–H and O–H groups in total.